The molecule has 0 spiro atoms. The average molecular weight is 325 g/mol. The number of hydrogen-bond donors (Lipinski definition) is 2. The Bertz CT molecular complexity index is 782. The Morgan fingerprint density at radius 3 is 2.91 bits per heavy atom. The molecule has 0 aromatic carbocycles. The highest BCUT2D eigenvalue weighted by Crippen LogP contribution is 2.17. The lowest BCUT2D eigenvalue weighted by Crippen LogP contribution is -2.23. The Kier molecular flexibility index (Phi) is 3.75. The van der Waals surface area contributed by atoms with Crippen LogP contribution in [0.5, 0.6) is 0 Å². The monoisotopic (exact) mass is 325 g/mol. The van der Waals surface area contributed by atoms with Crippen LogP contribution in [0, 0.1) is 0 Å². The zero-order valence-corrected chi connectivity index (χ0v) is 12.5. The molecule has 118 valence electrons. The Morgan fingerprint density at radius 1 is 1.41 bits per heavy atom. The van der Waals surface area contributed by atoms with Gasteiger partial charge in [0.1, 0.15) is 11.6 Å². The van der Waals surface area contributed by atoms with Crippen molar-refractivity contribution in [2.24, 2.45) is 0 Å². The van der Waals surface area contributed by atoms with E-state index in [1.54, 1.807) is 0 Å². The maximum absolute atomic E-state index is 12.2. The van der Waals surface area contributed by atoms with Gasteiger partial charge in [-0.05, 0) is 25.0 Å². The van der Waals surface area contributed by atoms with Gasteiger partial charge in [0, 0.05) is 19.2 Å². The second kappa shape index (κ2) is 5.58. The maximum atomic E-state index is 12.2. The molecule has 0 amide bonds. The topological polar surface area (TPSA) is 114 Å². The second-order valence-corrected chi connectivity index (χ2v) is 6.76. The van der Waals surface area contributed by atoms with Gasteiger partial charge in [-0.2, -0.15) is 0 Å². The summed E-state index contributed by atoms with van der Waals surface area (Å²) in [4.78, 5) is 14.9. The fourth-order valence-electron chi connectivity index (χ4n) is 2.34. The molecule has 0 aliphatic carbocycles. The summed E-state index contributed by atoms with van der Waals surface area (Å²) in [6, 6.07) is 2.70. The van der Waals surface area contributed by atoms with Crippen molar-refractivity contribution in [2.75, 3.05) is 0 Å². The lowest BCUT2D eigenvalue weighted by Gasteiger charge is -2.11. The van der Waals surface area contributed by atoms with Gasteiger partial charge in [0.2, 0.25) is 5.76 Å². The first kappa shape index (κ1) is 14.8. The van der Waals surface area contributed by atoms with Gasteiger partial charge in [-0.1, -0.05) is 0 Å². The summed E-state index contributed by atoms with van der Waals surface area (Å²) in [5, 5.41) is 8.73. The lowest BCUT2D eigenvalue weighted by atomic mass is 10.2. The molecule has 3 rings (SSSR count). The van der Waals surface area contributed by atoms with Crippen molar-refractivity contribution in [3.8, 4) is 0 Å². The SMILES string of the molecule is O=C(O)c1ccc(CNS(=O)(=O)c2cn3c(n2)CCCC3)o1. The number of aromatic carboxylic acids is 1. The standard InChI is InChI=1S/C13H15N3O5S/c17-13(18)10-5-4-9(21-10)7-14-22(19,20)12-8-16-6-2-1-3-11(16)15-12/h4-5,8,14H,1-3,6-7H2,(H,17,18). The molecule has 0 atom stereocenters. The van der Waals surface area contributed by atoms with Crippen LogP contribution in [-0.2, 0) is 29.5 Å². The zero-order chi connectivity index (χ0) is 15.7. The van der Waals surface area contributed by atoms with E-state index in [4.69, 9.17) is 9.52 Å². The van der Waals surface area contributed by atoms with Crippen LogP contribution in [0.15, 0.2) is 27.8 Å². The highest BCUT2D eigenvalue weighted by molar-refractivity contribution is 7.89. The first-order valence-electron chi connectivity index (χ1n) is 6.83. The molecule has 0 saturated heterocycles. The van der Waals surface area contributed by atoms with Crippen LogP contribution >= 0.6 is 0 Å². The number of carbonyl (C=O) groups is 1. The molecule has 3 heterocycles. The van der Waals surface area contributed by atoms with E-state index in [0.29, 0.717) is 0 Å². The van der Waals surface area contributed by atoms with E-state index < -0.39 is 16.0 Å². The van der Waals surface area contributed by atoms with E-state index in [9.17, 15) is 13.2 Å². The minimum absolute atomic E-state index is 0.0191. The number of nitrogens with one attached hydrogen (secondary N) is 1. The van der Waals surface area contributed by atoms with E-state index in [1.807, 2.05) is 4.57 Å². The third-order valence-corrected chi connectivity index (χ3v) is 4.74. The quantitative estimate of drug-likeness (QED) is 0.847. The van der Waals surface area contributed by atoms with Crippen molar-refractivity contribution in [3.63, 3.8) is 0 Å². The number of aromatic nitrogens is 2. The Hall–Kier alpha value is -2.13. The van der Waals surface area contributed by atoms with Crippen molar-refractivity contribution in [1.29, 1.82) is 0 Å². The van der Waals surface area contributed by atoms with Crippen LogP contribution in [0.2, 0.25) is 0 Å². The number of nitrogens with zero attached hydrogens (tertiary/aromatic N) is 2. The van der Waals surface area contributed by atoms with Gasteiger partial charge in [-0.25, -0.2) is 22.9 Å². The summed E-state index contributed by atoms with van der Waals surface area (Å²) in [7, 11) is -3.75. The number of rotatable bonds is 5. The van der Waals surface area contributed by atoms with Crippen LogP contribution < -0.4 is 4.72 Å². The third kappa shape index (κ3) is 2.90. The minimum atomic E-state index is -3.75. The van der Waals surface area contributed by atoms with E-state index in [0.717, 1.165) is 31.6 Å². The number of sulfonamides is 1. The largest absolute Gasteiger partial charge is 0.475 e. The molecule has 2 aromatic rings. The van der Waals surface area contributed by atoms with Crippen molar-refractivity contribution < 1.29 is 22.7 Å². The first-order valence-corrected chi connectivity index (χ1v) is 8.32. The molecule has 2 N–H and O–H groups in total. The molecule has 1 aliphatic heterocycles. The van der Waals surface area contributed by atoms with E-state index in [-0.39, 0.29) is 23.1 Å². The number of hydrogen-bond acceptors (Lipinski definition) is 5. The Morgan fingerprint density at radius 2 is 2.23 bits per heavy atom. The molecular weight excluding hydrogens is 310 g/mol. The smallest absolute Gasteiger partial charge is 0.371 e. The number of furan rings is 1. The van der Waals surface area contributed by atoms with Gasteiger partial charge in [-0.3, -0.25) is 0 Å². The predicted molar refractivity (Wildman–Crippen MR) is 74.9 cm³/mol. The highest BCUT2D eigenvalue weighted by Gasteiger charge is 2.22. The van der Waals surface area contributed by atoms with Gasteiger partial charge in [0.05, 0.1) is 6.54 Å². The van der Waals surface area contributed by atoms with Crippen LogP contribution in [0.3, 0.4) is 0 Å². The fourth-order valence-corrected chi connectivity index (χ4v) is 3.32. The summed E-state index contributed by atoms with van der Waals surface area (Å²) in [5.74, 6) is -0.426. The summed E-state index contributed by atoms with van der Waals surface area (Å²) < 4.78 is 33.7. The van der Waals surface area contributed by atoms with Gasteiger partial charge in [0.15, 0.2) is 5.03 Å². The molecule has 9 heteroatoms. The Labute approximate surface area is 126 Å². The lowest BCUT2D eigenvalue weighted by molar-refractivity contribution is 0.0660. The summed E-state index contributed by atoms with van der Waals surface area (Å²) in [6.07, 6.45) is 4.33. The third-order valence-electron chi connectivity index (χ3n) is 3.47. The molecule has 2 aromatic heterocycles. The minimum Gasteiger partial charge on any atom is -0.475 e. The summed E-state index contributed by atoms with van der Waals surface area (Å²) >= 11 is 0. The summed E-state index contributed by atoms with van der Waals surface area (Å²) in [5.41, 5.74) is 0. The zero-order valence-electron chi connectivity index (χ0n) is 11.7. The van der Waals surface area contributed by atoms with E-state index >= 15 is 0 Å². The van der Waals surface area contributed by atoms with Gasteiger partial charge >= 0.3 is 5.97 Å². The molecule has 1 aliphatic rings. The molecule has 0 radical (unpaired) electrons. The van der Waals surface area contributed by atoms with Crippen molar-refractivity contribution in [1.82, 2.24) is 14.3 Å². The maximum Gasteiger partial charge on any atom is 0.371 e. The molecule has 0 unspecified atom stereocenters. The first-order chi connectivity index (χ1) is 10.5. The van der Waals surface area contributed by atoms with Crippen LogP contribution in [-0.4, -0.2) is 29.0 Å². The molecule has 0 saturated carbocycles. The number of fused-ring (bicyclic) bond motifs is 1. The van der Waals surface area contributed by atoms with Crippen molar-refractivity contribution >= 4 is 16.0 Å². The number of imidazole rings is 1. The normalized spacial score (nSPS) is 14.7. The average Bonchev–Trinajstić information content (AvgIpc) is 3.12. The second-order valence-electron chi connectivity index (χ2n) is 5.04. The number of aryl methyl sites for hydroxylation is 2. The molecular formula is C13H15N3O5S. The van der Waals surface area contributed by atoms with Gasteiger partial charge in [-0.15, -0.1) is 0 Å². The van der Waals surface area contributed by atoms with Crippen molar-refractivity contribution in [2.45, 2.75) is 37.4 Å². The van der Waals surface area contributed by atoms with Crippen LogP contribution in [0.25, 0.3) is 0 Å². The fraction of sp³-hybridized carbons (Fsp3) is 0.385. The van der Waals surface area contributed by atoms with Crippen molar-refractivity contribution in [3.05, 3.63) is 35.7 Å². The molecule has 0 fully saturated rings. The summed E-state index contributed by atoms with van der Waals surface area (Å²) in [6.45, 7) is 0.649. The van der Waals surface area contributed by atoms with Gasteiger partial charge < -0.3 is 14.1 Å². The van der Waals surface area contributed by atoms with E-state index in [1.165, 1.54) is 18.3 Å². The van der Waals surface area contributed by atoms with E-state index in [2.05, 4.69) is 9.71 Å². The number of carboxylic acid groups (broad SMARTS) is 1. The molecule has 0 bridgehead atoms. The van der Waals surface area contributed by atoms with Crippen LogP contribution in [0.1, 0.15) is 35.0 Å². The van der Waals surface area contributed by atoms with Crippen LogP contribution in [0.4, 0.5) is 0 Å². The molecule has 8 nitrogen and oxygen atoms in total. The van der Waals surface area contributed by atoms with Gasteiger partial charge in [0.25, 0.3) is 10.0 Å². The predicted octanol–water partition coefficient (Wildman–Crippen LogP) is 0.989. The highest BCUT2D eigenvalue weighted by atomic mass is 32.2. The number of carboxylic acids is 1. The molecule has 22 heavy (non-hydrogen) atoms. The Balaban J connectivity index is 1.72.